The molecular weight excluding hydrogens is 401 g/mol. The minimum atomic E-state index is -0.926. The number of urea groups is 1. The molecule has 0 saturated carbocycles. The van der Waals surface area contributed by atoms with Gasteiger partial charge in [-0.15, -0.1) is 0 Å². The molecule has 0 spiro atoms. The van der Waals surface area contributed by atoms with Crippen LogP contribution >= 0.6 is 0 Å². The normalized spacial score (nSPS) is 16.4. The van der Waals surface area contributed by atoms with Crippen molar-refractivity contribution in [1.29, 1.82) is 0 Å². The van der Waals surface area contributed by atoms with E-state index < -0.39 is 35.5 Å². The first-order valence-corrected chi connectivity index (χ1v) is 9.09. The predicted octanol–water partition coefficient (Wildman–Crippen LogP) is 3.70. The predicted molar refractivity (Wildman–Crippen MR) is 101 cm³/mol. The maximum atomic E-state index is 13.9. The third kappa shape index (κ3) is 4.40. The summed E-state index contributed by atoms with van der Waals surface area (Å²) in [5.41, 5.74) is 0.648. The van der Waals surface area contributed by atoms with Gasteiger partial charge in [-0.25, -0.2) is 22.8 Å². The molecule has 3 rings (SSSR count). The van der Waals surface area contributed by atoms with E-state index in [0.29, 0.717) is 11.6 Å². The first-order chi connectivity index (χ1) is 14.3. The Kier molecular flexibility index (Phi) is 6.29. The Balaban J connectivity index is 2.03. The van der Waals surface area contributed by atoms with Gasteiger partial charge in [-0.2, -0.15) is 0 Å². The monoisotopic (exact) mass is 420 g/mol. The van der Waals surface area contributed by atoms with Gasteiger partial charge in [0.05, 0.1) is 23.9 Å². The SMILES string of the molecule is CCOC(=O)C1=C(COc2ccc(F)cc2F)N(C)C(=O)NC1c1ccc(F)cc1. The summed E-state index contributed by atoms with van der Waals surface area (Å²) in [7, 11) is 1.41. The van der Waals surface area contributed by atoms with Crippen LogP contribution in [0.1, 0.15) is 18.5 Å². The number of amides is 2. The van der Waals surface area contributed by atoms with E-state index in [1.54, 1.807) is 6.92 Å². The molecule has 0 aliphatic carbocycles. The second-order valence-electron chi connectivity index (χ2n) is 6.44. The van der Waals surface area contributed by atoms with E-state index in [1.165, 1.54) is 31.3 Å². The van der Waals surface area contributed by atoms with Gasteiger partial charge < -0.3 is 14.8 Å². The molecule has 1 N–H and O–H groups in total. The number of likely N-dealkylation sites (N-methyl/N-ethyl adjacent to an activating group) is 1. The lowest BCUT2D eigenvalue weighted by Gasteiger charge is -2.34. The molecule has 0 radical (unpaired) electrons. The van der Waals surface area contributed by atoms with Crippen molar-refractivity contribution in [2.75, 3.05) is 20.3 Å². The zero-order valence-electron chi connectivity index (χ0n) is 16.2. The molecule has 1 heterocycles. The van der Waals surface area contributed by atoms with Crippen LogP contribution in [0, 0.1) is 17.5 Å². The molecule has 0 aromatic heterocycles. The van der Waals surface area contributed by atoms with Crippen molar-refractivity contribution >= 4 is 12.0 Å². The van der Waals surface area contributed by atoms with Crippen molar-refractivity contribution < 1.29 is 32.2 Å². The Morgan fingerprint density at radius 3 is 2.40 bits per heavy atom. The number of hydrogen-bond acceptors (Lipinski definition) is 4. The maximum Gasteiger partial charge on any atom is 0.338 e. The van der Waals surface area contributed by atoms with Gasteiger partial charge in [0.1, 0.15) is 18.2 Å². The maximum absolute atomic E-state index is 13.9. The molecule has 0 bridgehead atoms. The highest BCUT2D eigenvalue weighted by atomic mass is 19.1. The fourth-order valence-electron chi connectivity index (χ4n) is 3.03. The van der Waals surface area contributed by atoms with Crippen LogP contribution in [-0.2, 0) is 9.53 Å². The molecule has 0 saturated heterocycles. The van der Waals surface area contributed by atoms with Crippen molar-refractivity contribution in [3.8, 4) is 5.75 Å². The van der Waals surface area contributed by atoms with E-state index in [2.05, 4.69) is 5.32 Å². The van der Waals surface area contributed by atoms with Crippen LogP contribution in [-0.4, -0.2) is 37.2 Å². The molecule has 0 fully saturated rings. The third-order valence-corrected chi connectivity index (χ3v) is 4.53. The molecule has 2 amide bonds. The number of nitrogens with one attached hydrogen (secondary N) is 1. The lowest BCUT2D eigenvalue weighted by atomic mass is 9.94. The topological polar surface area (TPSA) is 67.9 Å². The number of carbonyl (C=O) groups is 2. The van der Waals surface area contributed by atoms with Crippen molar-refractivity contribution in [2.24, 2.45) is 0 Å². The molecule has 1 aliphatic rings. The highest BCUT2D eigenvalue weighted by molar-refractivity contribution is 5.95. The van der Waals surface area contributed by atoms with Crippen LogP contribution in [0.5, 0.6) is 5.75 Å². The van der Waals surface area contributed by atoms with Gasteiger partial charge in [0, 0.05) is 13.1 Å². The Hall–Kier alpha value is -3.49. The summed E-state index contributed by atoms with van der Waals surface area (Å²) < 4.78 is 51.0. The quantitative estimate of drug-likeness (QED) is 0.724. The van der Waals surface area contributed by atoms with Gasteiger partial charge in [-0.3, -0.25) is 4.90 Å². The van der Waals surface area contributed by atoms with E-state index in [4.69, 9.17) is 9.47 Å². The van der Waals surface area contributed by atoms with Gasteiger partial charge in [-0.05, 0) is 36.8 Å². The summed E-state index contributed by atoms with van der Waals surface area (Å²) in [6, 6.07) is 6.59. The number of nitrogens with zero attached hydrogens (tertiary/aromatic N) is 1. The summed E-state index contributed by atoms with van der Waals surface area (Å²) in [4.78, 5) is 26.3. The van der Waals surface area contributed by atoms with Crippen molar-refractivity contribution in [3.63, 3.8) is 0 Å². The van der Waals surface area contributed by atoms with Gasteiger partial charge >= 0.3 is 12.0 Å². The Labute approximate surface area is 170 Å². The summed E-state index contributed by atoms with van der Waals surface area (Å²) in [5.74, 6) is -3.13. The van der Waals surface area contributed by atoms with E-state index in [9.17, 15) is 22.8 Å². The summed E-state index contributed by atoms with van der Waals surface area (Å²) in [5, 5.41) is 2.66. The molecule has 2 aromatic rings. The molecule has 1 unspecified atom stereocenters. The summed E-state index contributed by atoms with van der Waals surface area (Å²) >= 11 is 0. The fourth-order valence-corrected chi connectivity index (χ4v) is 3.03. The second kappa shape index (κ2) is 8.89. The highest BCUT2D eigenvalue weighted by Crippen LogP contribution is 2.31. The van der Waals surface area contributed by atoms with Crippen LogP contribution in [0.2, 0.25) is 0 Å². The van der Waals surface area contributed by atoms with Crippen LogP contribution in [0.25, 0.3) is 0 Å². The molecule has 9 heteroatoms. The average molecular weight is 420 g/mol. The Morgan fingerprint density at radius 2 is 1.77 bits per heavy atom. The van der Waals surface area contributed by atoms with Crippen LogP contribution in [0.4, 0.5) is 18.0 Å². The Morgan fingerprint density at radius 1 is 1.10 bits per heavy atom. The number of benzene rings is 2. The summed E-state index contributed by atoms with van der Waals surface area (Å²) in [6.45, 7) is 1.34. The van der Waals surface area contributed by atoms with E-state index in [-0.39, 0.29) is 30.2 Å². The van der Waals surface area contributed by atoms with Gasteiger partial charge in [0.15, 0.2) is 11.6 Å². The number of rotatable bonds is 6. The smallest absolute Gasteiger partial charge is 0.338 e. The van der Waals surface area contributed by atoms with Crippen molar-refractivity contribution in [1.82, 2.24) is 10.2 Å². The van der Waals surface area contributed by atoms with Gasteiger partial charge in [0.2, 0.25) is 0 Å². The molecule has 1 atom stereocenters. The number of ether oxygens (including phenoxy) is 2. The zero-order chi connectivity index (χ0) is 21.8. The number of carbonyl (C=O) groups excluding carboxylic acids is 2. The molecular formula is C21H19F3N2O4. The van der Waals surface area contributed by atoms with Crippen molar-refractivity contribution in [2.45, 2.75) is 13.0 Å². The highest BCUT2D eigenvalue weighted by Gasteiger charge is 2.37. The van der Waals surface area contributed by atoms with E-state index in [0.717, 1.165) is 17.0 Å². The minimum absolute atomic E-state index is 0.0630. The van der Waals surface area contributed by atoms with E-state index in [1.807, 2.05) is 0 Å². The molecule has 2 aromatic carbocycles. The van der Waals surface area contributed by atoms with Crippen molar-refractivity contribution in [3.05, 3.63) is 76.7 Å². The fraction of sp³-hybridized carbons (Fsp3) is 0.238. The van der Waals surface area contributed by atoms with Gasteiger partial charge in [0.25, 0.3) is 0 Å². The van der Waals surface area contributed by atoms with Crippen LogP contribution < -0.4 is 10.1 Å². The first-order valence-electron chi connectivity index (χ1n) is 9.09. The minimum Gasteiger partial charge on any atom is -0.484 e. The number of hydrogen-bond donors (Lipinski definition) is 1. The summed E-state index contributed by atoms with van der Waals surface area (Å²) in [6.07, 6.45) is 0. The lowest BCUT2D eigenvalue weighted by molar-refractivity contribution is -0.139. The third-order valence-electron chi connectivity index (χ3n) is 4.53. The van der Waals surface area contributed by atoms with Crippen LogP contribution in [0.3, 0.4) is 0 Å². The molecule has 1 aliphatic heterocycles. The molecule has 6 nitrogen and oxygen atoms in total. The van der Waals surface area contributed by atoms with E-state index >= 15 is 0 Å². The molecule has 158 valence electrons. The average Bonchev–Trinajstić information content (AvgIpc) is 2.70. The largest absolute Gasteiger partial charge is 0.484 e. The number of esters is 1. The Bertz CT molecular complexity index is 992. The van der Waals surface area contributed by atoms with Gasteiger partial charge in [-0.1, -0.05) is 12.1 Å². The standard InChI is InChI=1S/C21H19F3N2O4/c1-3-29-20(27)18-16(11-30-17-9-8-14(23)10-15(17)24)26(2)21(28)25-19(18)12-4-6-13(22)7-5-12/h4-10,19H,3,11H2,1-2H3,(H,25,28). The van der Waals surface area contributed by atoms with Crippen LogP contribution in [0.15, 0.2) is 53.7 Å². The second-order valence-corrected chi connectivity index (χ2v) is 6.44. The molecule has 30 heavy (non-hydrogen) atoms. The first kappa shape index (κ1) is 21.2. The zero-order valence-corrected chi connectivity index (χ0v) is 16.2. The number of halogens is 3. The lowest BCUT2D eigenvalue weighted by Crippen LogP contribution is -2.48.